The van der Waals surface area contributed by atoms with E-state index < -0.39 is 6.04 Å². The van der Waals surface area contributed by atoms with Crippen LogP contribution in [0.5, 0.6) is 0 Å². The molecule has 0 saturated carbocycles. The largest absolute Gasteiger partial charge is 0.359 e. The molecule has 1 saturated heterocycles. The van der Waals surface area contributed by atoms with Crippen molar-refractivity contribution in [3.63, 3.8) is 0 Å². The van der Waals surface area contributed by atoms with Gasteiger partial charge in [-0.2, -0.15) is 0 Å². The van der Waals surface area contributed by atoms with Crippen molar-refractivity contribution >= 4 is 28.5 Å². The molecule has 1 unspecified atom stereocenters. The molecule has 1 fully saturated rings. The Morgan fingerprint density at radius 1 is 1.03 bits per heavy atom. The van der Waals surface area contributed by atoms with Gasteiger partial charge < -0.3 is 15.5 Å². The van der Waals surface area contributed by atoms with Gasteiger partial charge in [0.05, 0.1) is 6.42 Å². The number of rotatable bonds is 5. The fourth-order valence-corrected chi connectivity index (χ4v) is 4.26. The molecular formula is C26H27N3O3. The van der Waals surface area contributed by atoms with Crippen LogP contribution >= 0.6 is 0 Å². The molecular weight excluding hydrogens is 402 g/mol. The van der Waals surface area contributed by atoms with E-state index in [9.17, 15) is 14.4 Å². The second-order valence-corrected chi connectivity index (χ2v) is 7.94. The summed E-state index contributed by atoms with van der Waals surface area (Å²) in [7, 11) is 1.52. The van der Waals surface area contributed by atoms with Gasteiger partial charge in [0.2, 0.25) is 11.8 Å². The van der Waals surface area contributed by atoms with E-state index in [0.29, 0.717) is 18.7 Å². The van der Waals surface area contributed by atoms with E-state index in [2.05, 4.69) is 47.9 Å². The molecule has 0 spiro atoms. The number of nitrogens with one attached hydrogen (secondary N) is 2. The number of amides is 3. The molecule has 1 aliphatic rings. The Hall–Kier alpha value is -3.67. The van der Waals surface area contributed by atoms with Crippen LogP contribution < -0.4 is 10.6 Å². The average Bonchev–Trinajstić information content (AvgIpc) is 2.84. The highest BCUT2D eigenvalue weighted by atomic mass is 16.2. The standard InChI is InChI=1S/C26H27N3O3/c1-3-17-10-12-18(13-11-17)19-6-4-8-21-20(19)7-5-9-22(21)26(32)29-15-14-28-25(31)23(29)16-24(30)27-2/h4-13,23H,3,14-16H2,1-2H3,(H,27,30)(H,28,31). The molecule has 2 N–H and O–H groups in total. The van der Waals surface area contributed by atoms with Crippen molar-refractivity contribution in [2.75, 3.05) is 20.1 Å². The first kappa shape index (κ1) is 21.6. The van der Waals surface area contributed by atoms with Crippen LogP contribution in [0.4, 0.5) is 0 Å². The van der Waals surface area contributed by atoms with Gasteiger partial charge in [-0.3, -0.25) is 14.4 Å². The zero-order valence-corrected chi connectivity index (χ0v) is 18.4. The van der Waals surface area contributed by atoms with Gasteiger partial charge in [0.25, 0.3) is 5.91 Å². The summed E-state index contributed by atoms with van der Waals surface area (Å²) < 4.78 is 0. The maximum Gasteiger partial charge on any atom is 0.255 e. The Morgan fingerprint density at radius 2 is 1.75 bits per heavy atom. The van der Waals surface area contributed by atoms with Crippen LogP contribution in [-0.4, -0.2) is 48.8 Å². The lowest BCUT2D eigenvalue weighted by atomic mass is 9.94. The van der Waals surface area contributed by atoms with Crippen LogP contribution in [-0.2, 0) is 16.0 Å². The SMILES string of the molecule is CCc1ccc(-c2cccc3c(C(=O)N4CCNC(=O)C4CC(=O)NC)cccc23)cc1. The summed E-state index contributed by atoms with van der Waals surface area (Å²) in [6, 6.07) is 19.3. The molecule has 0 radical (unpaired) electrons. The van der Waals surface area contributed by atoms with E-state index in [0.717, 1.165) is 28.3 Å². The highest BCUT2D eigenvalue weighted by Gasteiger charge is 2.35. The van der Waals surface area contributed by atoms with Gasteiger partial charge >= 0.3 is 0 Å². The van der Waals surface area contributed by atoms with E-state index in [4.69, 9.17) is 0 Å². The van der Waals surface area contributed by atoms with Crippen molar-refractivity contribution in [2.45, 2.75) is 25.8 Å². The fraction of sp³-hybridized carbons (Fsp3) is 0.269. The Morgan fingerprint density at radius 3 is 2.47 bits per heavy atom. The van der Waals surface area contributed by atoms with Gasteiger partial charge in [-0.1, -0.05) is 61.5 Å². The molecule has 164 valence electrons. The Labute approximate surface area is 187 Å². The van der Waals surface area contributed by atoms with Gasteiger partial charge in [-0.15, -0.1) is 0 Å². The molecule has 3 aromatic rings. The number of hydrogen-bond donors (Lipinski definition) is 2. The molecule has 32 heavy (non-hydrogen) atoms. The average molecular weight is 430 g/mol. The van der Waals surface area contributed by atoms with E-state index in [1.165, 1.54) is 17.5 Å². The number of fused-ring (bicyclic) bond motifs is 1. The van der Waals surface area contributed by atoms with E-state index in [1.54, 1.807) is 6.07 Å². The minimum Gasteiger partial charge on any atom is -0.359 e. The van der Waals surface area contributed by atoms with Gasteiger partial charge in [0.1, 0.15) is 6.04 Å². The predicted octanol–water partition coefficient (Wildman–Crippen LogP) is 3.15. The van der Waals surface area contributed by atoms with Gasteiger partial charge in [-0.25, -0.2) is 0 Å². The van der Waals surface area contributed by atoms with Crippen molar-refractivity contribution in [3.8, 4) is 11.1 Å². The summed E-state index contributed by atoms with van der Waals surface area (Å²) in [5, 5.41) is 7.11. The Bertz CT molecular complexity index is 1170. The molecule has 4 rings (SSSR count). The van der Waals surface area contributed by atoms with Gasteiger partial charge in [0.15, 0.2) is 0 Å². The van der Waals surface area contributed by atoms with E-state index in [1.807, 2.05) is 24.3 Å². The second kappa shape index (κ2) is 9.22. The first-order valence-electron chi connectivity index (χ1n) is 10.9. The third kappa shape index (κ3) is 4.08. The fourth-order valence-electron chi connectivity index (χ4n) is 4.26. The third-order valence-corrected chi connectivity index (χ3v) is 6.07. The summed E-state index contributed by atoms with van der Waals surface area (Å²) in [5.41, 5.74) is 3.95. The maximum atomic E-state index is 13.6. The molecule has 1 atom stereocenters. The summed E-state index contributed by atoms with van der Waals surface area (Å²) in [5.74, 6) is -0.816. The lowest BCUT2D eigenvalue weighted by Gasteiger charge is -2.35. The highest BCUT2D eigenvalue weighted by Crippen LogP contribution is 2.31. The number of hydrogen-bond acceptors (Lipinski definition) is 3. The van der Waals surface area contributed by atoms with Crippen LogP contribution in [0.25, 0.3) is 21.9 Å². The quantitative estimate of drug-likeness (QED) is 0.654. The van der Waals surface area contributed by atoms with Crippen LogP contribution in [0.2, 0.25) is 0 Å². The van der Waals surface area contributed by atoms with Crippen LogP contribution in [0.1, 0.15) is 29.3 Å². The monoisotopic (exact) mass is 429 g/mol. The Kier molecular flexibility index (Phi) is 6.21. The van der Waals surface area contributed by atoms with Gasteiger partial charge in [-0.05, 0) is 39.9 Å². The summed E-state index contributed by atoms with van der Waals surface area (Å²) in [4.78, 5) is 39.5. The topological polar surface area (TPSA) is 78.5 Å². The minimum atomic E-state index is -0.823. The molecule has 3 aromatic carbocycles. The Balaban J connectivity index is 1.74. The zero-order chi connectivity index (χ0) is 22.7. The third-order valence-electron chi connectivity index (χ3n) is 6.07. The maximum absolute atomic E-state index is 13.6. The van der Waals surface area contributed by atoms with Gasteiger partial charge in [0, 0.05) is 25.7 Å². The normalized spacial score (nSPS) is 16.0. The molecule has 0 aromatic heterocycles. The molecule has 0 bridgehead atoms. The highest BCUT2D eigenvalue weighted by molar-refractivity contribution is 6.11. The summed E-state index contributed by atoms with van der Waals surface area (Å²) in [6.45, 7) is 2.86. The zero-order valence-electron chi connectivity index (χ0n) is 18.4. The number of benzene rings is 3. The van der Waals surface area contributed by atoms with Crippen molar-refractivity contribution in [3.05, 3.63) is 71.8 Å². The number of carbonyl (C=O) groups excluding carboxylic acids is 3. The molecule has 6 heteroatoms. The number of piperazine rings is 1. The lowest BCUT2D eigenvalue weighted by molar-refractivity contribution is -0.132. The van der Waals surface area contributed by atoms with Crippen LogP contribution in [0.15, 0.2) is 60.7 Å². The van der Waals surface area contributed by atoms with Crippen LogP contribution in [0, 0.1) is 0 Å². The van der Waals surface area contributed by atoms with E-state index in [-0.39, 0.29) is 24.1 Å². The molecule has 6 nitrogen and oxygen atoms in total. The smallest absolute Gasteiger partial charge is 0.255 e. The number of carbonyl (C=O) groups is 3. The molecule has 1 aliphatic heterocycles. The lowest BCUT2D eigenvalue weighted by Crippen LogP contribution is -2.58. The predicted molar refractivity (Wildman–Crippen MR) is 125 cm³/mol. The second-order valence-electron chi connectivity index (χ2n) is 7.94. The van der Waals surface area contributed by atoms with Crippen molar-refractivity contribution in [1.82, 2.24) is 15.5 Å². The summed E-state index contributed by atoms with van der Waals surface area (Å²) >= 11 is 0. The molecule has 3 amide bonds. The van der Waals surface area contributed by atoms with E-state index >= 15 is 0 Å². The first-order valence-corrected chi connectivity index (χ1v) is 10.9. The number of aryl methyl sites for hydroxylation is 1. The van der Waals surface area contributed by atoms with Crippen molar-refractivity contribution in [1.29, 1.82) is 0 Å². The summed E-state index contributed by atoms with van der Waals surface area (Å²) in [6.07, 6.45) is 0.920. The van der Waals surface area contributed by atoms with Crippen molar-refractivity contribution in [2.24, 2.45) is 0 Å². The van der Waals surface area contributed by atoms with Crippen LogP contribution in [0.3, 0.4) is 0 Å². The molecule has 0 aliphatic carbocycles. The number of nitrogens with zero attached hydrogens (tertiary/aromatic N) is 1. The molecule has 1 heterocycles. The van der Waals surface area contributed by atoms with Crippen molar-refractivity contribution < 1.29 is 14.4 Å². The first-order chi connectivity index (χ1) is 15.5. The minimum absolute atomic E-state index is 0.0616.